The van der Waals surface area contributed by atoms with Gasteiger partial charge in [0.05, 0.1) is 11.8 Å². The third kappa shape index (κ3) is 1.65. The lowest BCUT2D eigenvalue weighted by Gasteiger charge is -2.19. The fraction of sp³-hybridized carbons (Fsp3) is 0.444. The minimum atomic E-state index is -1.32. The van der Waals surface area contributed by atoms with Crippen LogP contribution in [0.4, 0.5) is 0 Å². The Balaban J connectivity index is 2.10. The van der Waals surface area contributed by atoms with E-state index in [9.17, 15) is 9.59 Å². The van der Waals surface area contributed by atoms with E-state index in [0.29, 0.717) is 12.1 Å². The minimum Gasteiger partial charge on any atom is -0.480 e. The van der Waals surface area contributed by atoms with E-state index in [0.717, 1.165) is 0 Å². The molecule has 0 aromatic carbocycles. The second-order valence-corrected chi connectivity index (χ2v) is 3.92. The van der Waals surface area contributed by atoms with E-state index >= 15 is 0 Å². The highest BCUT2D eigenvalue weighted by molar-refractivity contribution is 5.94. The summed E-state index contributed by atoms with van der Waals surface area (Å²) < 4.78 is 0. The number of carbonyl (C=O) groups excluding carboxylic acids is 1. The van der Waals surface area contributed by atoms with E-state index in [4.69, 9.17) is 10.8 Å². The molecule has 2 rings (SSSR count). The number of carboxylic acids is 1. The van der Waals surface area contributed by atoms with Crippen molar-refractivity contribution in [1.29, 1.82) is 0 Å². The maximum absolute atomic E-state index is 11.8. The smallest absolute Gasteiger partial charge is 0.325 e. The van der Waals surface area contributed by atoms with Crippen molar-refractivity contribution in [3.8, 4) is 0 Å². The van der Waals surface area contributed by atoms with Crippen LogP contribution in [0.2, 0.25) is 0 Å². The van der Waals surface area contributed by atoms with Crippen LogP contribution in [-0.2, 0) is 4.79 Å². The molecule has 0 saturated carbocycles. The second kappa shape index (κ2) is 3.60. The van der Waals surface area contributed by atoms with Gasteiger partial charge >= 0.3 is 5.97 Å². The molecular formula is C9H12N4O3. The summed E-state index contributed by atoms with van der Waals surface area (Å²) in [6.07, 6.45) is 3.14. The molecule has 1 aromatic heterocycles. The van der Waals surface area contributed by atoms with Crippen molar-refractivity contribution in [2.45, 2.75) is 12.0 Å². The lowest BCUT2D eigenvalue weighted by Crippen LogP contribution is -2.50. The third-order valence-electron chi connectivity index (χ3n) is 2.76. The number of rotatable bonds is 2. The number of amides is 1. The first-order chi connectivity index (χ1) is 7.53. The van der Waals surface area contributed by atoms with Crippen molar-refractivity contribution >= 4 is 11.9 Å². The maximum Gasteiger partial charge on any atom is 0.325 e. The highest BCUT2D eigenvalue weighted by Gasteiger charge is 2.43. The van der Waals surface area contributed by atoms with Gasteiger partial charge in [-0.25, -0.2) is 0 Å². The highest BCUT2D eigenvalue weighted by atomic mass is 16.4. The summed E-state index contributed by atoms with van der Waals surface area (Å²) in [6.45, 7) is 0.388. The summed E-state index contributed by atoms with van der Waals surface area (Å²) in [5.74, 6) is -1.32. The average molecular weight is 224 g/mol. The zero-order valence-electron chi connectivity index (χ0n) is 8.51. The lowest BCUT2D eigenvalue weighted by atomic mass is 10.0. The number of likely N-dealkylation sites (tertiary alicyclic amines) is 1. The van der Waals surface area contributed by atoms with Gasteiger partial charge in [-0.05, 0) is 6.42 Å². The Bertz CT molecular complexity index is 416. The Kier molecular flexibility index (Phi) is 2.39. The largest absolute Gasteiger partial charge is 0.480 e. The van der Waals surface area contributed by atoms with Crippen LogP contribution in [-0.4, -0.2) is 50.7 Å². The summed E-state index contributed by atoms with van der Waals surface area (Å²) in [4.78, 5) is 24.2. The number of aromatic nitrogens is 2. The molecule has 0 bridgehead atoms. The SMILES string of the molecule is NC1(C(=O)O)CCN(C(=O)c2cn[nH]c2)C1. The molecule has 1 saturated heterocycles. The topological polar surface area (TPSA) is 112 Å². The number of carbonyl (C=O) groups is 2. The number of H-pyrrole nitrogens is 1. The van der Waals surface area contributed by atoms with Gasteiger partial charge in [0.2, 0.25) is 0 Å². The van der Waals surface area contributed by atoms with Gasteiger partial charge in [-0.3, -0.25) is 14.7 Å². The van der Waals surface area contributed by atoms with Crippen molar-refractivity contribution in [2.24, 2.45) is 5.73 Å². The van der Waals surface area contributed by atoms with Gasteiger partial charge in [0.25, 0.3) is 5.91 Å². The summed E-state index contributed by atoms with van der Waals surface area (Å²) in [6, 6.07) is 0. The van der Waals surface area contributed by atoms with E-state index in [1.807, 2.05) is 0 Å². The van der Waals surface area contributed by atoms with E-state index in [-0.39, 0.29) is 18.9 Å². The number of hydrogen-bond donors (Lipinski definition) is 3. The number of carboxylic acid groups (broad SMARTS) is 1. The molecule has 0 spiro atoms. The van der Waals surface area contributed by atoms with E-state index in [1.165, 1.54) is 17.3 Å². The monoisotopic (exact) mass is 224 g/mol. The van der Waals surface area contributed by atoms with Crippen molar-refractivity contribution in [3.05, 3.63) is 18.0 Å². The first-order valence-electron chi connectivity index (χ1n) is 4.83. The van der Waals surface area contributed by atoms with Crippen molar-refractivity contribution in [2.75, 3.05) is 13.1 Å². The number of aromatic amines is 1. The van der Waals surface area contributed by atoms with Crippen molar-refractivity contribution < 1.29 is 14.7 Å². The van der Waals surface area contributed by atoms with Gasteiger partial charge in [0, 0.05) is 19.3 Å². The highest BCUT2D eigenvalue weighted by Crippen LogP contribution is 2.20. The molecule has 1 aromatic rings. The molecular weight excluding hydrogens is 212 g/mol. The van der Waals surface area contributed by atoms with Gasteiger partial charge in [-0.2, -0.15) is 5.10 Å². The minimum absolute atomic E-state index is 0.0341. The lowest BCUT2D eigenvalue weighted by molar-refractivity contribution is -0.142. The zero-order chi connectivity index (χ0) is 11.8. The number of nitrogens with two attached hydrogens (primary N) is 1. The van der Waals surface area contributed by atoms with E-state index < -0.39 is 11.5 Å². The number of aliphatic carboxylic acids is 1. The molecule has 7 nitrogen and oxygen atoms in total. The summed E-state index contributed by atoms with van der Waals surface area (Å²) >= 11 is 0. The van der Waals surface area contributed by atoms with Gasteiger partial charge in [-0.1, -0.05) is 0 Å². The van der Waals surface area contributed by atoms with Crippen LogP contribution in [0.15, 0.2) is 12.4 Å². The van der Waals surface area contributed by atoms with Crippen molar-refractivity contribution in [3.63, 3.8) is 0 Å². The van der Waals surface area contributed by atoms with Gasteiger partial charge in [0.1, 0.15) is 5.54 Å². The maximum atomic E-state index is 11.8. The summed E-state index contributed by atoms with van der Waals surface area (Å²) in [5, 5.41) is 15.1. The number of hydrogen-bond acceptors (Lipinski definition) is 4. The predicted octanol–water partition coefficient (Wildman–Crippen LogP) is -0.962. The van der Waals surface area contributed by atoms with Gasteiger partial charge in [0.15, 0.2) is 0 Å². The molecule has 1 amide bonds. The van der Waals surface area contributed by atoms with Crippen LogP contribution in [0.1, 0.15) is 16.8 Å². The summed E-state index contributed by atoms with van der Waals surface area (Å²) in [5.41, 5.74) is 4.76. The van der Waals surface area contributed by atoms with Crippen LogP contribution in [0.5, 0.6) is 0 Å². The first kappa shape index (κ1) is 10.6. The van der Waals surface area contributed by atoms with E-state index in [1.54, 1.807) is 0 Å². The molecule has 0 aliphatic carbocycles. The van der Waals surface area contributed by atoms with Crippen LogP contribution < -0.4 is 5.73 Å². The molecule has 1 fully saturated rings. The molecule has 4 N–H and O–H groups in total. The van der Waals surface area contributed by atoms with Gasteiger partial charge in [-0.15, -0.1) is 0 Å². The van der Waals surface area contributed by atoms with Crippen molar-refractivity contribution in [1.82, 2.24) is 15.1 Å². The van der Waals surface area contributed by atoms with E-state index in [2.05, 4.69) is 10.2 Å². The number of nitrogens with one attached hydrogen (secondary N) is 1. The fourth-order valence-corrected chi connectivity index (χ4v) is 1.73. The van der Waals surface area contributed by atoms with Crippen LogP contribution in [0, 0.1) is 0 Å². The Morgan fingerprint density at radius 1 is 1.62 bits per heavy atom. The Morgan fingerprint density at radius 3 is 2.88 bits per heavy atom. The molecule has 16 heavy (non-hydrogen) atoms. The molecule has 2 heterocycles. The molecule has 86 valence electrons. The third-order valence-corrected chi connectivity index (χ3v) is 2.76. The zero-order valence-corrected chi connectivity index (χ0v) is 8.51. The van der Waals surface area contributed by atoms with Crippen LogP contribution in [0.25, 0.3) is 0 Å². The van der Waals surface area contributed by atoms with Gasteiger partial charge < -0.3 is 15.7 Å². The quantitative estimate of drug-likeness (QED) is 0.598. The molecule has 7 heteroatoms. The Hall–Kier alpha value is -1.89. The molecule has 1 atom stereocenters. The number of nitrogens with zero attached hydrogens (tertiary/aromatic N) is 2. The predicted molar refractivity (Wildman–Crippen MR) is 53.7 cm³/mol. The van der Waals surface area contributed by atoms with Crippen LogP contribution in [0.3, 0.4) is 0 Å². The Labute approximate surface area is 91.2 Å². The molecule has 1 unspecified atom stereocenters. The standard InChI is InChI=1S/C9H12N4O3/c10-9(8(15)16)1-2-13(5-9)7(14)6-3-11-12-4-6/h3-4H,1-2,5,10H2,(H,11,12)(H,15,16). The Morgan fingerprint density at radius 2 is 2.38 bits per heavy atom. The average Bonchev–Trinajstić information content (AvgIpc) is 2.85. The molecule has 1 aliphatic rings. The fourth-order valence-electron chi connectivity index (χ4n) is 1.73. The normalized spacial score (nSPS) is 24.7. The molecule has 0 radical (unpaired) electrons. The second-order valence-electron chi connectivity index (χ2n) is 3.92. The summed E-state index contributed by atoms with van der Waals surface area (Å²) in [7, 11) is 0. The first-order valence-corrected chi connectivity index (χ1v) is 4.83. The molecule has 1 aliphatic heterocycles. The van der Waals surface area contributed by atoms with Crippen LogP contribution >= 0.6 is 0 Å².